The Balaban J connectivity index is 1.56. The minimum absolute atomic E-state index is 0.0842. The number of nitro groups is 1. The van der Waals surface area contributed by atoms with Gasteiger partial charge >= 0.3 is 0 Å². The van der Waals surface area contributed by atoms with Crippen molar-refractivity contribution >= 4 is 40.5 Å². The summed E-state index contributed by atoms with van der Waals surface area (Å²) in [6.07, 6.45) is 4.90. The number of nitro benzene ring substituents is 1. The van der Waals surface area contributed by atoms with E-state index in [1.807, 2.05) is 66.4 Å². The third kappa shape index (κ3) is 3.90. The van der Waals surface area contributed by atoms with Crippen molar-refractivity contribution in [3.8, 4) is 11.5 Å². The molecular formula is C25H18N2O3S. The highest BCUT2D eigenvalue weighted by Gasteiger charge is 2.21. The number of rotatable bonds is 5. The molecule has 0 saturated carbocycles. The first-order valence-electron chi connectivity index (χ1n) is 9.93. The van der Waals surface area contributed by atoms with Crippen LogP contribution < -0.4 is 4.74 Å². The third-order valence-electron chi connectivity index (χ3n) is 5.17. The van der Waals surface area contributed by atoms with Crippen molar-refractivity contribution in [1.29, 1.82) is 0 Å². The van der Waals surface area contributed by atoms with Gasteiger partial charge in [-0.05, 0) is 54.0 Å². The van der Waals surface area contributed by atoms with Crippen LogP contribution in [-0.2, 0) is 6.42 Å². The van der Waals surface area contributed by atoms with Crippen molar-refractivity contribution in [1.82, 2.24) is 4.98 Å². The Morgan fingerprint density at radius 3 is 2.55 bits per heavy atom. The normalized spacial score (nSPS) is 12.9. The van der Waals surface area contributed by atoms with Crippen LogP contribution in [0.5, 0.6) is 11.5 Å². The van der Waals surface area contributed by atoms with Gasteiger partial charge in [-0.3, -0.25) is 10.1 Å². The molecule has 0 radical (unpaired) electrons. The van der Waals surface area contributed by atoms with Gasteiger partial charge in [0.2, 0.25) is 0 Å². The lowest BCUT2D eigenvalue weighted by Gasteiger charge is -2.12. The van der Waals surface area contributed by atoms with E-state index in [1.165, 1.54) is 22.6 Å². The second kappa shape index (κ2) is 8.24. The molecule has 1 aliphatic rings. The molecule has 0 fully saturated rings. The summed E-state index contributed by atoms with van der Waals surface area (Å²) in [6.45, 7) is 0. The number of ether oxygens (including phenoxy) is 1. The fraction of sp³-hybridized carbons (Fsp3) is 0.0800. The lowest BCUT2D eigenvalue weighted by Crippen LogP contribution is -1.96. The van der Waals surface area contributed by atoms with Crippen LogP contribution >= 0.6 is 11.8 Å². The van der Waals surface area contributed by atoms with Crippen molar-refractivity contribution in [3.05, 3.63) is 99.7 Å². The van der Waals surface area contributed by atoms with E-state index < -0.39 is 4.92 Å². The molecule has 2 heterocycles. The number of pyridine rings is 1. The van der Waals surface area contributed by atoms with Crippen LogP contribution in [0.25, 0.3) is 23.1 Å². The number of non-ortho nitro benzene ring substituents is 1. The molecule has 5 nitrogen and oxygen atoms in total. The van der Waals surface area contributed by atoms with Crippen LogP contribution in [-0.4, -0.2) is 15.7 Å². The first-order chi connectivity index (χ1) is 15.2. The van der Waals surface area contributed by atoms with E-state index in [1.54, 1.807) is 12.1 Å². The van der Waals surface area contributed by atoms with Gasteiger partial charge in [0.05, 0.1) is 10.6 Å². The van der Waals surface area contributed by atoms with Crippen LogP contribution in [0, 0.1) is 10.1 Å². The molecule has 6 heteroatoms. The fourth-order valence-electron chi connectivity index (χ4n) is 3.67. The Morgan fingerprint density at radius 1 is 0.968 bits per heavy atom. The molecule has 31 heavy (non-hydrogen) atoms. The van der Waals surface area contributed by atoms with E-state index >= 15 is 0 Å². The van der Waals surface area contributed by atoms with E-state index in [2.05, 4.69) is 6.07 Å². The molecule has 5 rings (SSSR count). The molecule has 4 aromatic rings. The maximum absolute atomic E-state index is 10.9. The molecule has 0 unspecified atom stereocenters. The predicted octanol–water partition coefficient (Wildman–Crippen LogP) is 6.75. The largest absolute Gasteiger partial charge is 0.455 e. The minimum atomic E-state index is -0.392. The smallest absolute Gasteiger partial charge is 0.269 e. The third-order valence-corrected chi connectivity index (χ3v) is 6.33. The average molecular weight is 426 g/mol. The molecule has 1 aliphatic heterocycles. The van der Waals surface area contributed by atoms with Crippen molar-refractivity contribution in [3.63, 3.8) is 0 Å². The Kier molecular flexibility index (Phi) is 5.14. The summed E-state index contributed by atoms with van der Waals surface area (Å²) < 4.78 is 6.15. The summed E-state index contributed by atoms with van der Waals surface area (Å²) in [7, 11) is 0. The summed E-state index contributed by atoms with van der Waals surface area (Å²) in [5.74, 6) is 2.52. The van der Waals surface area contributed by atoms with Gasteiger partial charge in [0.25, 0.3) is 5.69 Å². The number of benzene rings is 3. The number of aromatic nitrogens is 1. The molecule has 0 amide bonds. The van der Waals surface area contributed by atoms with Crippen LogP contribution in [0.1, 0.15) is 16.8 Å². The highest BCUT2D eigenvalue weighted by molar-refractivity contribution is 7.99. The number of thioether (sulfide) groups is 1. The van der Waals surface area contributed by atoms with Crippen LogP contribution in [0.15, 0.2) is 77.7 Å². The van der Waals surface area contributed by atoms with E-state index in [-0.39, 0.29) is 5.69 Å². The zero-order valence-corrected chi connectivity index (χ0v) is 17.3. The molecule has 1 aromatic heterocycles. The van der Waals surface area contributed by atoms with Crippen molar-refractivity contribution in [2.75, 3.05) is 5.75 Å². The topological polar surface area (TPSA) is 65.3 Å². The quantitative estimate of drug-likeness (QED) is 0.261. The van der Waals surface area contributed by atoms with E-state index in [0.717, 1.165) is 45.8 Å². The predicted molar refractivity (Wildman–Crippen MR) is 125 cm³/mol. The molecule has 3 aromatic carbocycles. The SMILES string of the molecule is O=[N+]([O-])c1ccc(C=Cc2nc3c(Oc4ccccc4)cccc3c3c2CCS3)cc1. The highest BCUT2D eigenvalue weighted by Crippen LogP contribution is 2.41. The van der Waals surface area contributed by atoms with Gasteiger partial charge in [0.1, 0.15) is 11.3 Å². The number of para-hydroxylation sites is 2. The second-order valence-electron chi connectivity index (χ2n) is 7.15. The van der Waals surface area contributed by atoms with Crippen LogP contribution in [0.2, 0.25) is 0 Å². The molecule has 0 spiro atoms. The summed E-state index contributed by atoms with van der Waals surface area (Å²) >= 11 is 1.85. The molecular weight excluding hydrogens is 408 g/mol. The van der Waals surface area contributed by atoms with Crippen molar-refractivity contribution in [2.24, 2.45) is 0 Å². The Hall–Kier alpha value is -3.64. The Bertz CT molecular complexity index is 1300. The number of fused-ring (bicyclic) bond motifs is 3. The number of nitrogens with zero attached hydrogens (tertiary/aromatic N) is 2. The second-order valence-corrected chi connectivity index (χ2v) is 8.26. The molecule has 0 atom stereocenters. The van der Waals surface area contributed by atoms with Crippen LogP contribution in [0.3, 0.4) is 0 Å². The van der Waals surface area contributed by atoms with E-state index in [9.17, 15) is 10.1 Å². The number of hydrogen-bond acceptors (Lipinski definition) is 5. The lowest BCUT2D eigenvalue weighted by atomic mass is 10.1. The maximum Gasteiger partial charge on any atom is 0.269 e. The van der Waals surface area contributed by atoms with Crippen LogP contribution in [0.4, 0.5) is 5.69 Å². The molecule has 152 valence electrons. The summed E-state index contributed by atoms with van der Waals surface area (Å²) in [6, 6.07) is 22.3. The first kappa shape index (κ1) is 19.3. The fourth-order valence-corrected chi connectivity index (χ4v) is 4.88. The first-order valence-corrected chi connectivity index (χ1v) is 10.9. The lowest BCUT2D eigenvalue weighted by molar-refractivity contribution is -0.384. The van der Waals surface area contributed by atoms with Gasteiger partial charge in [0, 0.05) is 28.2 Å². The van der Waals surface area contributed by atoms with E-state index in [0.29, 0.717) is 0 Å². The minimum Gasteiger partial charge on any atom is -0.455 e. The summed E-state index contributed by atoms with van der Waals surface area (Å²) in [5, 5.41) is 12.0. The van der Waals surface area contributed by atoms with E-state index in [4.69, 9.17) is 9.72 Å². The Labute approximate surface area is 183 Å². The standard InChI is InChI=1S/C25H18N2O3S/c28-27(29)18-12-9-17(10-13-18)11-14-22-20-15-16-31-25(20)21-7-4-8-23(24(21)26-22)30-19-5-2-1-3-6-19/h1-14H,15-16H2. The summed E-state index contributed by atoms with van der Waals surface area (Å²) in [5.41, 5.74) is 3.96. The van der Waals surface area contributed by atoms with Gasteiger partial charge in [0.15, 0.2) is 5.75 Å². The zero-order valence-electron chi connectivity index (χ0n) is 16.5. The van der Waals surface area contributed by atoms with Gasteiger partial charge in [-0.1, -0.05) is 36.4 Å². The number of hydrogen-bond donors (Lipinski definition) is 0. The molecule has 0 bridgehead atoms. The van der Waals surface area contributed by atoms with Crippen molar-refractivity contribution < 1.29 is 9.66 Å². The summed E-state index contributed by atoms with van der Waals surface area (Å²) in [4.78, 5) is 16.7. The van der Waals surface area contributed by atoms with Gasteiger partial charge < -0.3 is 4.74 Å². The highest BCUT2D eigenvalue weighted by atomic mass is 32.2. The molecule has 0 saturated heterocycles. The van der Waals surface area contributed by atoms with Gasteiger partial charge in [-0.2, -0.15) is 0 Å². The Morgan fingerprint density at radius 2 is 1.77 bits per heavy atom. The van der Waals surface area contributed by atoms with Gasteiger partial charge in [-0.15, -0.1) is 11.8 Å². The monoisotopic (exact) mass is 426 g/mol. The molecule has 0 aliphatic carbocycles. The maximum atomic E-state index is 10.9. The van der Waals surface area contributed by atoms with Crippen molar-refractivity contribution in [2.45, 2.75) is 11.3 Å². The van der Waals surface area contributed by atoms with Gasteiger partial charge in [-0.25, -0.2) is 4.98 Å². The molecule has 0 N–H and O–H groups in total. The zero-order chi connectivity index (χ0) is 21.2. The average Bonchev–Trinajstić information content (AvgIpc) is 3.29.